The van der Waals surface area contributed by atoms with Gasteiger partial charge < -0.3 is 5.32 Å². The first-order valence-corrected chi connectivity index (χ1v) is 8.69. The van der Waals surface area contributed by atoms with E-state index in [1.807, 2.05) is 12.3 Å². The summed E-state index contributed by atoms with van der Waals surface area (Å²) in [5.41, 5.74) is 0.549. The van der Waals surface area contributed by atoms with Crippen LogP contribution in [0.3, 0.4) is 0 Å². The number of hydrogen-bond acceptors (Lipinski definition) is 5. The summed E-state index contributed by atoms with van der Waals surface area (Å²) in [4.78, 5) is 4.21. The second kappa shape index (κ2) is 5.89. The molecule has 0 unspecified atom stereocenters. The molecule has 8 heteroatoms. The fourth-order valence-electron chi connectivity index (χ4n) is 1.46. The van der Waals surface area contributed by atoms with Crippen molar-refractivity contribution in [2.75, 3.05) is 16.6 Å². The van der Waals surface area contributed by atoms with Gasteiger partial charge in [-0.25, -0.2) is 13.4 Å². The van der Waals surface area contributed by atoms with Crippen molar-refractivity contribution in [3.05, 3.63) is 33.6 Å². The van der Waals surface area contributed by atoms with Crippen molar-refractivity contribution >= 4 is 48.8 Å². The topological polar surface area (TPSA) is 71.1 Å². The van der Waals surface area contributed by atoms with E-state index in [2.05, 4.69) is 31.0 Å². The normalized spacial score (nSPS) is 11.3. The van der Waals surface area contributed by atoms with Crippen molar-refractivity contribution in [2.45, 2.75) is 11.8 Å². The summed E-state index contributed by atoms with van der Waals surface area (Å²) in [6.45, 7) is 2.47. The lowest BCUT2D eigenvalue weighted by molar-refractivity contribution is 0.601. The Hall–Kier alpha value is -1.12. The van der Waals surface area contributed by atoms with E-state index in [1.54, 1.807) is 17.6 Å². The standard InChI is InChI=1S/C11H12BrN3O2S2/c1-2-13-11-10(5-8(12)6-14-11)19(16,17)15-9-3-4-18-7-9/h3-7,15H,2H2,1H3,(H,13,14). The first-order chi connectivity index (χ1) is 9.03. The zero-order valence-electron chi connectivity index (χ0n) is 10.1. The molecule has 0 amide bonds. The van der Waals surface area contributed by atoms with Crippen LogP contribution in [0.1, 0.15) is 6.92 Å². The van der Waals surface area contributed by atoms with Crippen LogP contribution in [0.2, 0.25) is 0 Å². The molecule has 2 aromatic heterocycles. The van der Waals surface area contributed by atoms with Crippen LogP contribution < -0.4 is 10.0 Å². The summed E-state index contributed by atoms with van der Waals surface area (Å²) in [7, 11) is -3.66. The van der Waals surface area contributed by atoms with E-state index in [0.717, 1.165) is 0 Å². The number of rotatable bonds is 5. The zero-order valence-corrected chi connectivity index (χ0v) is 13.3. The molecule has 0 saturated heterocycles. The molecule has 0 radical (unpaired) electrons. The Bertz CT molecular complexity index is 657. The summed E-state index contributed by atoms with van der Waals surface area (Å²) in [6.07, 6.45) is 1.56. The fourth-order valence-corrected chi connectivity index (χ4v) is 3.81. The van der Waals surface area contributed by atoms with Gasteiger partial charge in [0, 0.05) is 22.6 Å². The molecule has 0 aliphatic carbocycles. The first kappa shape index (κ1) is 14.3. The minimum atomic E-state index is -3.66. The minimum Gasteiger partial charge on any atom is -0.369 e. The van der Waals surface area contributed by atoms with E-state index >= 15 is 0 Å². The van der Waals surface area contributed by atoms with E-state index in [0.29, 0.717) is 22.5 Å². The predicted octanol–water partition coefficient (Wildman–Crippen LogP) is 3.14. The number of aromatic nitrogens is 1. The molecule has 0 aliphatic heterocycles. The number of nitrogens with zero attached hydrogens (tertiary/aromatic N) is 1. The summed E-state index contributed by atoms with van der Waals surface area (Å²) >= 11 is 4.66. The maximum Gasteiger partial charge on any atom is 0.265 e. The molecule has 2 aromatic rings. The fraction of sp³-hybridized carbons (Fsp3) is 0.182. The molecule has 0 aromatic carbocycles. The Balaban J connectivity index is 2.41. The highest BCUT2D eigenvalue weighted by Crippen LogP contribution is 2.25. The van der Waals surface area contributed by atoms with Gasteiger partial charge in [0.25, 0.3) is 10.0 Å². The van der Waals surface area contributed by atoms with Gasteiger partial charge in [0.2, 0.25) is 0 Å². The van der Waals surface area contributed by atoms with Crippen molar-refractivity contribution in [2.24, 2.45) is 0 Å². The lowest BCUT2D eigenvalue weighted by atomic mass is 10.4. The number of anilines is 2. The van der Waals surface area contributed by atoms with Gasteiger partial charge in [-0.3, -0.25) is 4.72 Å². The number of hydrogen-bond donors (Lipinski definition) is 2. The lowest BCUT2D eigenvalue weighted by Gasteiger charge is -2.11. The molecule has 5 nitrogen and oxygen atoms in total. The average molecular weight is 362 g/mol. The zero-order chi connectivity index (χ0) is 13.9. The number of thiophene rings is 1. The third-order valence-corrected chi connectivity index (χ3v) is 4.74. The Labute approximate surface area is 124 Å². The number of halogens is 1. The van der Waals surface area contributed by atoms with E-state index in [1.165, 1.54) is 17.4 Å². The minimum absolute atomic E-state index is 0.120. The van der Waals surface area contributed by atoms with Gasteiger partial charge in [-0.1, -0.05) is 0 Å². The van der Waals surface area contributed by atoms with Crippen LogP contribution in [-0.2, 0) is 10.0 Å². The highest BCUT2D eigenvalue weighted by Gasteiger charge is 2.20. The number of sulfonamides is 1. The molecule has 19 heavy (non-hydrogen) atoms. The molecule has 0 aliphatic rings. The smallest absolute Gasteiger partial charge is 0.265 e. The maximum absolute atomic E-state index is 12.3. The van der Waals surface area contributed by atoms with Crippen LogP contribution in [0.5, 0.6) is 0 Å². The Morgan fingerprint density at radius 1 is 1.47 bits per heavy atom. The van der Waals surface area contributed by atoms with Crippen LogP contribution >= 0.6 is 27.3 Å². The molecule has 0 fully saturated rings. The van der Waals surface area contributed by atoms with Gasteiger partial charge in [0.05, 0.1) is 5.69 Å². The Morgan fingerprint density at radius 3 is 2.89 bits per heavy atom. The van der Waals surface area contributed by atoms with Crippen molar-refractivity contribution in [3.63, 3.8) is 0 Å². The van der Waals surface area contributed by atoms with Crippen molar-refractivity contribution in [1.29, 1.82) is 0 Å². The summed E-state index contributed by atoms with van der Waals surface area (Å²) < 4.78 is 27.8. The van der Waals surface area contributed by atoms with E-state index in [4.69, 9.17) is 0 Å². The van der Waals surface area contributed by atoms with Crippen molar-refractivity contribution < 1.29 is 8.42 Å². The van der Waals surface area contributed by atoms with Crippen LogP contribution in [0.4, 0.5) is 11.5 Å². The van der Waals surface area contributed by atoms with Gasteiger partial charge in [-0.2, -0.15) is 11.3 Å². The van der Waals surface area contributed by atoms with Crippen molar-refractivity contribution in [3.8, 4) is 0 Å². The second-order valence-electron chi connectivity index (χ2n) is 3.65. The van der Waals surface area contributed by atoms with Gasteiger partial charge in [0.1, 0.15) is 10.7 Å². The quantitative estimate of drug-likeness (QED) is 0.857. The number of nitrogens with one attached hydrogen (secondary N) is 2. The third kappa shape index (κ3) is 3.46. The van der Waals surface area contributed by atoms with Gasteiger partial charge in [-0.15, -0.1) is 0 Å². The van der Waals surface area contributed by atoms with Gasteiger partial charge in [0.15, 0.2) is 0 Å². The highest BCUT2D eigenvalue weighted by molar-refractivity contribution is 9.10. The van der Waals surface area contributed by atoms with Crippen LogP contribution in [0.15, 0.2) is 38.5 Å². The first-order valence-electron chi connectivity index (χ1n) is 5.47. The van der Waals surface area contributed by atoms with Gasteiger partial charge in [-0.05, 0) is 40.4 Å². The maximum atomic E-state index is 12.3. The molecule has 2 rings (SSSR count). The molecule has 0 spiro atoms. The summed E-state index contributed by atoms with van der Waals surface area (Å²) in [6, 6.07) is 3.24. The van der Waals surface area contributed by atoms with E-state index in [9.17, 15) is 8.42 Å². The largest absolute Gasteiger partial charge is 0.369 e. The molecular weight excluding hydrogens is 350 g/mol. The lowest BCUT2D eigenvalue weighted by Crippen LogP contribution is -2.16. The van der Waals surface area contributed by atoms with Gasteiger partial charge >= 0.3 is 0 Å². The summed E-state index contributed by atoms with van der Waals surface area (Å²) in [5, 5.41) is 6.48. The SMILES string of the molecule is CCNc1ncc(Br)cc1S(=O)(=O)Nc1ccsc1. The van der Waals surface area contributed by atoms with Crippen LogP contribution in [-0.4, -0.2) is 19.9 Å². The molecule has 2 heterocycles. The van der Waals surface area contributed by atoms with Crippen LogP contribution in [0, 0.1) is 0 Å². The molecule has 0 atom stereocenters. The Kier molecular flexibility index (Phi) is 4.43. The highest BCUT2D eigenvalue weighted by atomic mass is 79.9. The molecule has 0 saturated carbocycles. The molecular formula is C11H12BrN3O2S2. The van der Waals surface area contributed by atoms with E-state index < -0.39 is 10.0 Å². The van der Waals surface area contributed by atoms with E-state index in [-0.39, 0.29) is 4.90 Å². The molecule has 2 N–H and O–H groups in total. The van der Waals surface area contributed by atoms with Crippen LogP contribution in [0.25, 0.3) is 0 Å². The third-order valence-electron chi connectivity index (χ3n) is 2.23. The van der Waals surface area contributed by atoms with Crippen molar-refractivity contribution in [1.82, 2.24) is 4.98 Å². The monoisotopic (exact) mass is 361 g/mol. The molecule has 0 bridgehead atoms. The Morgan fingerprint density at radius 2 is 2.26 bits per heavy atom. The number of pyridine rings is 1. The molecule has 102 valence electrons. The second-order valence-corrected chi connectivity index (χ2v) is 6.99. The predicted molar refractivity (Wildman–Crippen MR) is 81.2 cm³/mol. The summed E-state index contributed by atoms with van der Waals surface area (Å²) in [5.74, 6) is 0.341. The average Bonchev–Trinajstić information content (AvgIpc) is 2.83.